The SMILES string of the molecule is COC1C(OC(=O)NC(C)(C)CO)CCC2(CO2)C1C1(C)OC1CC=C(C)C. The quantitative estimate of drug-likeness (QED) is 0.507. The number of ether oxygens (including phenoxy) is 4. The average Bonchev–Trinajstić information content (AvgIpc) is 3.52. The Kier molecular flexibility index (Phi) is 5.85. The van der Waals surface area contributed by atoms with Gasteiger partial charge in [-0.15, -0.1) is 0 Å². The Morgan fingerprint density at radius 1 is 1.39 bits per heavy atom. The van der Waals surface area contributed by atoms with Crippen molar-refractivity contribution >= 4 is 6.09 Å². The Balaban J connectivity index is 1.72. The normalized spacial score (nSPS) is 39.4. The Bertz CT molecular complexity index is 624. The molecule has 3 fully saturated rings. The summed E-state index contributed by atoms with van der Waals surface area (Å²) in [5.74, 6) is -0.00188. The molecule has 1 aliphatic carbocycles. The predicted octanol–water partition coefficient (Wildman–Crippen LogP) is 2.56. The van der Waals surface area contributed by atoms with E-state index in [0.717, 1.165) is 12.8 Å². The summed E-state index contributed by atoms with van der Waals surface area (Å²) in [6, 6.07) is 0. The van der Waals surface area contributed by atoms with E-state index in [0.29, 0.717) is 13.0 Å². The number of epoxide rings is 2. The molecule has 0 bridgehead atoms. The minimum atomic E-state index is -0.741. The second-order valence-corrected chi connectivity index (χ2v) is 9.49. The Labute approximate surface area is 167 Å². The first-order valence-corrected chi connectivity index (χ1v) is 10.1. The lowest BCUT2D eigenvalue weighted by atomic mass is 9.68. The van der Waals surface area contributed by atoms with Crippen LogP contribution in [0.15, 0.2) is 11.6 Å². The number of nitrogens with one attached hydrogen (secondary N) is 1. The lowest BCUT2D eigenvalue weighted by molar-refractivity contribution is -0.118. The molecule has 1 spiro atoms. The summed E-state index contributed by atoms with van der Waals surface area (Å²) in [5, 5.41) is 12.1. The summed E-state index contributed by atoms with van der Waals surface area (Å²) in [4.78, 5) is 12.4. The van der Waals surface area contributed by atoms with Crippen molar-refractivity contribution in [3.63, 3.8) is 0 Å². The van der Waals surface area contributed by atoms with Gasteiger partial charge in [-0.25, -0.2) is 4.79 Å². The molecule has 0 aromatic carbocycles. The largest absolute Gasteiger partial charge is 0.443 e. The number of methoxy groups -OCH3 is 1. The Morgan fingerprint density at radius 3 is 2.61 bits per heavy atom. The highest BCUT2D eigenvalue weighted by Crippen LogP contribution is 2.59. The number of rotatable bonds is 7. The van der Waals surface area contributed by atoms with Crippen LogP contribution in [0.3, 0.4) is 0 Å². The van der Waals surface area contributed by atoms with E-state index >= 15 is 0 Å². The predicted molar refractivity (Wildman–Crippen MR) is 104 cm³/mol. The molecule has 0 aromatic rings. The molecule has 3 rings (SSSR count). The van der Waals surface area contributed by atoms with E-state index in [9.17, 15) is 9.90 Å². The van der Waals surface area contributed by atoms with Gasteiger partial charge in [0.05, 0.1) is 30.8 Å². The number of aliphatic hydroxyl groups is 1. The first-order valence-electron chi connectivity index (χ1n) is 10.1. The van der Waals surface area contributed by atoms with Gasteiger partial charge in [0, 0.05) is 7.11 Å². The molecule has 2 aliphatic heterocycles. The van der Waals surface area contributed by atoms with Crippen LogP contribution in [-0.2, 0) is 18.9 Å². The van der Waals surface area contributed by atoms with Crippen molar-refractivity contribution in [2.75, 3.05) is 20.3 Å². The smallest absolute Gasteiger partial charge is 0.407 e. The zero-order valence-electron chi connectivity index (χ0n) is 17.9. The molecule has 7 nitrogen and oxygen atoms in total. The van der Waals surface area contributed by atoms with Crippen molar-refractivity contribution in [3.05, 3.63) is 11.6 Å². The fourth-order valence-corrected chi connectivity index (χ4v) is 4.55. The van der Waals surface area contributed by atoms with Gasteiger partial charge in [0.15, 0.2) is 0 Å². The Hall–Kier alpha value is -1.15. The van der Waals surface area contributed by atoms with Crippen LogP contribution < -0.4 is 5.32 Å². The van der Waals surface area contributed by atoms with Crippen LogP contribution in [0.1, 0.15) is 53.9 Å². The van der Waals surface area contributed by atoms with Crippen molar-refractivity contribution in [3.8, 4) is 0 Å². The standard InChI is InChI=1S/C21H35NO6/c1-13(2)7-8-15-20(5,28-15)17-16(25-6)14(9-10-21(17)12-26-21)27-18(24)22-19(3,4)11-23/h7,14-17,23H,8-12H2,1-6H3,(H,22,24). The van der Waals surface area contributed by atoms with Crippen molar-refractivity contribution in [2.45, 2.75) is 88.9 Å². The fourth-order valence-electron chi connectivity index (χ4n) is 4.55. The third kappa shape index (κ3) is 4.22. The topological polar surface area (TPSA) is 92.9 Å². The van der Waals surface area contributed by atoms with Crippen LogP contribution in [0.5, 0.6) is 0 Å². The van der Waals surface area contributed by atoms with E-state index in [1.807, 2.05) is 0 Å². The lowest BCUT2D eigenvalue weighted by Crippen LogP contribution is -2.57. The summed E-state index contributed by atoms with van der Waals surface area (Å²) in [7, 11) is 1.65. The molecule has 7 heteroatoms. The van der Waals surface area contributed by atoms with E-state index < -0.39 is 11.6 Å². The molecule has 2 heterocycles. The third-order valence-corrected chi connectivity index (χ3v) is 6.33. The molecule has 160 valence electrons. The van der Waals surface area contributed by atoms with Crippen LogP contribution >= 0.6 is 0 Å². The van der Waals surface area contributed by atoms with E-state index in [-0.39, 0.29) is 42.0 Å². The molecule has 28 heavy (non-hydrogen) atoms. The zero-order valence-corrected chi connectivity index (χ0v) is 17.9. The number of aliphatic hydroxyl groups excluding tert-OH is 1. The third-order valence-electron chi connectivity index (χ3n) is 6.33. The second-order valence-electron chi connectivity index (χ2n) is 9.49. The monoisotopic (exact) mass is 397 g/mol. The van der Waals surface area contributed by atoms with Gasteiger partial charge in [-0.1, -0.05) is 11.6 Å². The lowest BCUT2D eigenvalue weighted by Gasteiger charge is -2.42. The maximum absolute atomic E-state index is 12.4. The van der Waals surface area contributed by atoms with Gasteiger partial charge in [0.1, 0.15) is 23.4 Å². The van der Waals surface area contributed by atoms with Crippen molar-refractivity contribution in [1.82, 2.24) is 5.32 Å². The van der Waals surface area contributed by atoms with E-state index in [4.69, 9.17) is 18.9 Å². The average molecular weight is 398 g/mol. The number of hydrogen-bond donors (Lipinski definition) is 2. The van der Waals surface area contributed by atoms with Crippen molar-refractivity contribution in [2.24, 2.45) is 5.92 Å². The molecule has 2 N–H and O–H groups in total. The molecule has 2 saturated heterocycles. The maximum Gasteiger partial charge on any atom is 0.407 e. The first-order chi connectivity index (χ1) is 13.1. The number of hydrogen-bond acceptors (Lipinski definition) is 6. The highest BCUT2D eigenvalue weighted by molar-refractivity contribution is 5.68. The summed E-state index contributed by atoms with van der Waals surface area (Å²) < 4.78 is 23.7. The maximum atomic E-state index is 12.4. The van der Waals surface area contributed by atoms with Crippen LogP contribution in [0.2, 0.25) is 0 Å². The molecule has 3 aliphatic rings. The first kappa shape index (κ1) is 21.6. The van der Waals surface area contributed by atoms with Gasteiger partial charge in [-0.05, 0) is 53.9 Å². The van der Waals surface area contributed by atoms with Crippen LogP contribution in [0, 0.1) is 5.92 Å². The molecule has 1 amide bonds. The summed E-state index contributed by atoms with van der Waals surface area (Å²) in [6.45, 7) is 10.3. The number of alkyl carbamates (subject to hydrolysis) is 1. The number of amides is 1. The van der Waals surface area contributed by atoms with Gasteiger partial charge in [0.2, 0.25) is 0 Å². The molecule has 0 radical (unpaired) electrons. The van der Waals surface area contributed by atoms with E-state index in [2.05, 4.69) is 32.2 Å². The van der Waals surface area contributed by atoms with Crippen LogP contribution in [-0.4, -0.2) is 66.6 Å². The Morgan fingerprint density at radius 2 is 2.07 bits per heavy atom. The molecule has 6 unspecified atom stereocenters. The number of carbonyl (C=O) groups is 1. The van der Waals surface area contributed by atoms with Gasteiger partial charge in [-0.3, -0.25) is 0 Å². The van der Waals surface area contributed by atoms with Gasteiger partial charge in [0.25, 0.3) is 0 Å². The van der Waals surface area contributed by atoms with Crippen molar-refractivity contribution < 1.29 is 28.8 Å². The van der Waals surface area contributed by atoms with Gasteiger partial charge < -0.3 is 29.4 Å². The van der Waals surface area contributed by atoms with Gasteiger partial charge in [-0.2, -0.15) is 0 Å². The summed E-state index contributed by atoms with van der Waals surface area (Å²) in [5.41, 5.74) is -0.0659. The molecular weight excluding hydrogens is 362 g/mol. The second kappa shape index (κ2) is 7.59. The fraction of sp³-hybridized carbons (Fsp3) is 0.857. The molecular formula is C21H35NO6. The van der Waals surface area contributed by atoms with Crippen LogP contribution in [0.25, 0.3) is 0 Å². The summed E-state index contributed by atoms with van der Waals surface area (Å²) >= 11 is 0. The minimum Gasteiger partial charge on any atom is -0.443 e. The zero-order chi connectivity index (χ0) is 20.7. The molecule has 6 atom stereocenters. The highest BCUT2D eigenvalue weighted by Gasteiger charge is 2.72. The van der Waals surface area contributed by atoms with E-state index in [1.165, 1.54) is 5.57 Å². The minimum absolute atomic E-state index is 0.00188. The number of carbonyl (C=O) groups excluding carboxylic acids is 1. The highest BCUT2D eigenvalue weighted by atomic mass is 16.6. The van der Waals surface area contributed by atoms with E-state index in [1.54, 1.807) is 21.0 Å². The van der Waals surface area contributed by atoms with Crippen molar-refractivity contribution in [1.29, 1.82) is 0 Å². The molecule has 1 saturated carbocycles. The molecule has 0 aromatic heterocycles. The summed E-state index contributed by atoms with van der Waals surface area (Å²) in [6.07, 6.45) is 3.43. The van der Waals surface area contributed by atoms with Gasteiger partial charge >= 0.3 is 6.09 Å². The van der Waals surface area contributed by atoms with Crippen LogP contribution in [0.4, 0.5) is 4.79 Å². The number of allylic oxidation sites excluding steroid dienone is 1.